The fourth-order valence-corrected chi connectivity index (χ4v) is 6.26. The van der Waals surface area contributed by atoms with Crippen molar-refractivity contribution >= 4 is 11.6 Å². The molecule has 2 aliphatic rings. The van der Waals surface area contributed by atoms with Gasteiger partial charge in [0.15, 0.2) is 5.43 Å². The van der Waals surface area contributed by atoms with Gasteiger partial charge in [0.1, 0.15) is 17.3 Å². The molecular weight excluding hydrogens is 380 g/mol. The van der Waals surface area contributed by atoms with Crippen molar-refractivity contribution in [3.05, 3.63) is 38.8 Å². The maximum atomic E-state index is 13.4. The first-order valence-corrected chi connectivity index (χ1v) is 10.8. The van der Waals surface area contributed by atoms with E-state index in [9.17, 15) is 14.4 Å². The van der Waals surface area contributed by atoms with Crippen LogP contribution in [-0.4, -0.2) is 18.7 Å². The van der Waals surface area contributed by atoms with Crippen LogP contribution in [0.25, 0.3) is 0 Å². The molecule has 5 heteroatoms. The number of fused-ring (bicyclic) bond motifs is 1. The van der Waals surface area contributed by atoms with Gasteiger partial charge in [0.05, 0.1) is 12.7 Å². The zero-order valence-electron chi connectivity index (χ0n) is 19.6. The third-order valence-corrected chi connectivity index (χ3v) is 8.14. The molecule has 6 atom stereocenters. The topological polar surface area (TPSA) is 73.6 Å². The largest absolute Gasteiger partial charge is 0.468 e. The molecule has 2 fully saturated rings. The Balaban J connectivity index is 2.12. The predicted molar refractivity (Wildman–Crippen MR) is 116 cm³/mol. The number of hydrogen-bond acceptors (Lipinski definition) is 5. The van der Waals surface area contributed by atoms with E-state index in [-0.39, 0.29) is 46.6 Å². The van der Waals surface area contributed by atoms with Gasteiger partial charge in [-0.25, -0.2) is 0 Å². The van der Waals surface area contributed by atoms with Gasteiger partial charge in [-0.2, -0.15) is 0 Å². The lowest BCUT2D eigenvalue weighted by molar-refractivity contribution is -0.126. The van der Waals surface area contributed by atoms with E-state index < -0.39 is 10.8 Å². The van der Waals surface area contributed by atoms with Crippen LogP contribution in [0, 0.1) is 42.9 Å². The molecule has 0 bridgehead atoms. The molecule has 164 valence electrons. The summed E-state index contributed by atoms with van der Waals surface area (Å²) in [6.07, 6.45) is 2.51. The van der Waals surface area contributed by atoms with Crippen molar-refractivity contribution in [2.75, 3.05) is 7.11 Å². The Kier molecular flexibility index (Phi) is 5.41. The Hall–Kier alpha value is -2.17. The number of carbonyl (C=O) groups excluding carboxylic acids is 2. The van der Waals surface area contributed by atoms with Gasteiger partial charge in [0, 0.05) is 34.7 Å². The average molecular weight is 415 g/mol. The molecule has 2 saturated carbocycles. The summed E-state index contributed by atoms with van der Waals surface area (Å²) in [5, 5.41) is 0. The van der Waals surface area contributed by atoms with E-state index in [0.29, 0.717) is 23.3 Å². The molecule has 0 N–H and O–H groups in total. The Labute approximate surface area is 178 Å². The van der Waals surface area contributed by atoms with Crippen molar-refractivity contribution in [3.8, 4) is 5.95 Å². The fraction of sp³-hybridized carbons (Fsp3) is 0.640. The van der Waals surface area contributed by atoms with Crippen molar-refractivity contribution < 1.29 is 18.7 Å². The smallest absolute Gasteiger partial charge is 0.291 e. The quantitative estimate of drug-likeness (QED) is 0.638. The lowest BCUT2D eigenvalue weighted by atomic mass is 9.76. The fourth-order valence-electron chi connectivity index (χ4n) is 6.26. The van der Waals surface area contributed by atoms with Crippen molar-refractivity contribution in [2.45, 2.75) is 67.2 Å². The van der Waals surface area contributed by atoms with Crippen LogP contribution in [-0.2, 0) is 15.0 Å². The van der Waals surface area contributed by atoms with Crippen molar-refractivity contribution in [1.82, 2.24) is 0 Å². The van der Waals surface area contributed by atoms with Crippen molar-refractivity contribution in [1.29, 1.82) is 0 Å². The monoisotopic (exact) mass is 414 g/mol. The number of Topliss-reactive ketones (excluding diaryl/α,β-unsaturated/α-hetero) is 2. The van der Waals surface area contributed by atoms with Crippen LogP contribution >= 0.6 is 0 Å². The Morgan fingerprint density at radius 2 is 1.80 bits per heavy atom. The van der Waals surface area contributed by atoms with Crippen LogP contribution in [0.4, 0.5) is 0 Å². The zero-order chi connectivity index (χ0) is 22.8. The molecule has 0 aromatic carbocycles. The normalized spacial score (nSPS) is 34.0. The van der Waals surface area contributed by atoms with Crippen LogP contribution in [0.3, 0.4) is 0 Å². The maximum absolute atomic E-state index is 13.4. The summed E-state index contributed by atoms with van der Waals surface area (Å²) in [7, 11) is 1.48. The summed E-state index contributed by atoms with van der Waals surface area (Å²) in [4.78, 5) is 38.4. The van der Waals surface area contributed by atoms with Gasteiger partial charge in [-0.1, -0.05) is 46.3 Å². The second-order valence-corrected chi connectivity index (χ2v) is 9.58. The predicted octanol–water partition coefficient (Wildman–Crippen LogP) is 4.56. The Bertz CT molecular complexity index is 1000. The summed E-state index contributed by atoms with van der Waals surface area (Å²) in [6.45, 7) is 15.3. The van der Waals surface area contributed by atoms with Gasteiger partial charge < -0.3 is 9.15 Å². The highest BCUT2D eigenvalue weighted by Crippen LogP contribution is 2.79. The van der Waals surface area contributed by atoms with E-state index >= 15 is 0 Å². The lowest BCUT2D eigenvalue weighted by Gasteiger charge is -2.28. The summed E-state index contributed by atoms with van der Waals surface area (Å²) in [6, 6.07) is 0. The highest BCUT2D eigenvalue weighted by molar-refractivity contribution is 5.97. The molecule has 1 aromatic rings. The molecule has 5 nitrogen and oxygen atoms in total. The van der Waals surface area contributed by atoms with Crippen molar-refractivity contribution in [3.63, 3.8) is 0 Å². The van der Waals surface area contributed by atoms with Gasteiger partial charge in [-0.15, -0.1) is 0 Å². The van der Waals surface area contributed by atoms with Gasteiger partial charge in [-0.05, 0) is 32.6 Å². The van der Waals surface area contributed by atoms with Gasteiger partial charge in [0.25, 0.3) is 5.95 Å². The Morgan fingerprint density at radius 3 is 2.33 bits per heavy atom. The van der Waals surface area contributed by atoms with Gasteiger partial charge in [-0.3, -0.25) is 14.4 Å². The van der Waals surface area contributed by atoms with E-state index in [2.05, 4.69) is 0 Å². The first-order chi connectivity index (χ1) is 13.9. The summed E-state index contributed by atoms with van der Waals surface area (Å²) in [5.41, 5.74) is 0.763. The first kappa shape index (κ1) is 22.5. The number of hydrogen-bond donors (Lipinski definition) is 0. The highest BCUT2D eigenvalue weighted by Gasteiger charge is 2.83. The second kappa shape index (κ2) is 7.21. The maximum Gasteiger partial charge on any atom is 0.291 e. The third-order valence-electron chi connectivity index (χ3n) is 8.14. The lowest BCUT2D eigenvalue weighted by Crippen LogP contribution is -2.32. The minimum atomic E-state index is -0.606. The summed E-state index contributed by atoms with van der Waals surface area (Å²) in [5.74, 6) is 0.876. The minimum absolute atomic E-state index is 0.0107. The van der Waals surface area contributed by atoms with Crippen LogP contribution < -0.4 is 10.2 Å². The van der Waals surface area contributed by atoms with Crippen LogP contribution in [0.5, 0.6) is 5.95 Å². The molecule has 30 heavy (non-hydrogen) atoms. The van der Waals surface area contributed by atoms with Crippen molar-refractivity contribution in [2.24, 2.45) is 29.1 Å². The molecule has 0 unspecified atom stereocenters. The highest BCUT2D eigenvalue weighted by atomic mass is 16.6. The molecule has 0 saturated heterocycles. The number of rotatable bonds is 6. The van der Waals surface area contributed by atoms with Crippen LogP contribution in [0.1, 0.15) is 64.9 Å². The van der Waals surface area contributed by atoms with E-state index in [1.54, 1.807) is 13.8 Å². The first-order valence-electron chi connectivity index (χ1n) is 10.8. The molecule has 3 rings (SSSR count). The number of carbonyl (C=O) groups is 2. The molecule has 1 heterocycles. The van der Waals surface area contributed by atoms with Crippen LogP contribution in [0.15, 0.2) is 20.9 Å². The molecule has 1 aromatic heterocycles. The average Bonchev–Trinajstić information content (AvgIpc) is 3.11. The molecule has 0 amide bonds. The molecule has 0 aliphatic heterocycles. The van der Waals surface area contributed by atoms with E-state index in [1.807, 2.05) is 47.6 Å². The number of allylic oxidation sites excluding steroid dienone is 2. The van der Waals surface area contributed by atoms with E-state index in [1.165, 1.54) is 7.11 Å². The number of methoxy groups -OCH3 is 1. The SMILES string of the molecule is CCC(=O)[C@H](C)/C=C(/C)[C@H]1[C@H](C)C(=O)[C@@]2(C)[C@@H]1[C@]2(C)c1oc(OC)c(C)c(=O)c1C. The molecule has 2 aliphatic carbocycles. The second-order valence-electron chi connectivity index (χ2n) is 9.58. The number of ether oxygens (including phenoxy) is 1. The Morgan fingerprint density at radius 1 is 1.20 bits per heavy atom. The van der Waals surface area contributed by atoms with E-state index in [0.717, 1.165) is 5.57 Å². The standard InChI is InChI=1S/C25H34O5/c1-10-17(26)12(2)11-13(3)18-14(4)21(28)24(7)20(18)25(24,8)22-15(5)19(27)16(6)23(29-9)30-22/h11-12,14,18,20H,10H2,1-9H3/b13-11-/t12-,14+,18+,20-,24-,25-/m1/s1. The van der Waals surface area contributed by atoms with Gasteiger partial charge in [0.2, 0.25) is 0 Å². The minimum Gasteiger partial charge on any atom is -0.468 e. The molecule has 0 radical (unpaired) electrons. The van der Waals surface area contributed by atoms with Crippen LogP contribution in [0.2, 0.25) is 0 Å². The van der Waals surface area contributed by atoms with E-state index in [4.69, 9.17) is 9.15 Å². The summed E-state index contributed by atoms with van der Waals surface area (Å²) < 4.78 is 11.4. The zero-order valence-corrected chi connectivity index (χ0v) is 19.6. The van der Waals surface area contributed by atoms with Gasteiger partial charge >= 0.3 is 0 Å². The number of ketones is 2. The summed E-state index contributed by atoms with van der Waals surface area (Å²) >= 11 is 0. The third kappa shape index (κ3) is 2.70. The molecular formula is C25H34O5. The molecule has 0 spiro atoms.